The Kier molecular flexibility index (Phi) is 2.10. The highest BCUT2D eigenvalue weighted by atomic mass is 15.3. The normalized spacial score (nSPS) is 38.9. The molecule has 0 unspecified atom stereocenters. The molecule has 0 spiro atoms. The third kappa shape index (κ3) is 1.40. The van der Waals surface area contributed by atoms with Gasteiger partial charge in [-0.15, -0.1) is 0 Å². The summed E-state index contributed by atoms with van der Waals surface area (Å²) in [4.78, 5) is 0. The van der Waals surface area contributed by atoms with Crippen molar-refractivity contribution in [2.75, 3.05) is 0 Å². The van der Waals surface area contributed by atoms with Crippen molar-refractivity contribution in [1.82, 2.24) is 9.78 Å². The molecule has 4 heteroatoms. The highest BCUT2D eigenvalue weighted by molar-refractivity contribution is 5.40. The van der Waals surface area contributed by atoms with Crippen molar-refractivity contribution in [2.24, 2.45) is 17.8 Å². The van der Waals surface area contributed by atoms with E-state index in [0.717, 1.165) is 37.0 Å². The summed E-state index contributed by atoms with van der Waals surface area (Å²) in [7, 11) is 0. The molecule has 19 heavy (non-hydrogen) atoms. The predicted octanol–water partition coefficient (Wildman–Crippen LogP) is 2.55. The van der Waals surface area contributed by atoms with Crippen LogP contribution in [-0.4, -0.2) is 9.78 Å². The van der Waals surface area contributed by atoms with Gasteiger partial charge in [-0.25, -0.2) is 4.68 Å². The Labute approximate surface area is 112 Å². The Morgan fingerprint density at radius 2 is 1.63 bits per heavy atom. The van der Waals surface area contributed by atoms with Crippen LogP contribution in [0.5, 0.6) is 0 Å². The lowest BCUT2D eigenvalue weighted by atomic mass is 9.53. The number of aromatic nitrogens is 2. The van der Waals surface area contributed by atoms with Crippen LogP contribution in [0.25, 0.3) is 0 Å². The molecule has 4 saturated carbocycles. The minimum Gasteiger partial charge on any atom is -0.247 e. The van der Waals surface area contributed by atoms with E-state index in [0.29, 0.717) is 11.3 Å². The maximum Gasteiger partial charge on any atom is 0.156 e. The summed E-state index contributed by atoms with van der Waals surface area (Å²) in [5.74, 6) is 2.44. The van der Waals surface area contributed by atoms with Crippen LogP contribution in [0, 0.1) is 40.4 Å². The lowest BCUT2D eigenvalue weighted by Gasteiger charge is -2.56. The molecule has 0 atom stereocenters. The van der Waals surface area contributed by atoms with E-state index in [1.165, 1.54) is 19.3 Å². The van der Waals surface area contributed by atoms with Crippen LogP contribution >= 0.6 is 0 Å². The molecule has 0 aliphatic heterocycles. The zero-order valence-electron chi connectivity index (χ0n) is 10.8. The van der Waals surface area contributed by atoms with E-state index >= 15 is 0 Å². The molecule has 4 aliphatic carbocycles. The smallest absolute Gasteiger partial charge is 0.156 e. The van der Waals surface area contributed by atoms with Crippen LogP contribution in [0.1, 0.15) is 49.8 Å². The summed E-state index contributed by atoms with van der Waals surface area (Å²) >= 11 is 0. The highest BCUT2D eigenvalue weighted by Crippen LogP contribution is 2.58. The van der Waals surface area contributed by atoms with Gasteiger partial charge in [0.1, 0.15) is 17.7 Å². The van der Waals surface area contributed by atoms with Gasteiger partial charge in [0.15, 0.2) is 5.69 Å². The minimum atomic E-state index is 0.0366. The van der Waals surface area contributed by atoms with Crippen LogP contribution in [0.15, 0.2) is 6.20 Å². The third-order valence-electron chi connectivity index (χ3n) is 5.45. The molecule has 1 aromatic rings. The van der Waals surface area contributed by atoms with Crippen LogP contribution in [0.2, 0.25) is 0 Å². The van der Waals surface area contributed by atoms with Gasteiger partial charge < -0.3 is 0 Å². The number of rotatable bonds is 1. The summed E-state index contributed by atoms with van der Waals surface area (Å²) in [6, 6.07) is 4.29. The lowest BCUT2D eigenvalue weighted by molar-refractivity contribution is -0.0498. The van der Waals surface area contributed by atoms with Crippen molar-refractivity contribution in [3.63, 3.8) is 0 Å². The number of nitrogens with zero attached hydrogens (tertiary/aromatic N) is 4. The second kappa shape index (κ2) is 3.61. The fourth-order valence-corrected chi connectivity index (χ4v) is 5.22. The summed E-state index contributed by atoms with van der Waals surface area (Å²) in [6.07, 6.45) is 9.13. The van der Waals surface area contributed by atoms with Gasteiger partial charge in [0, 0.05) is 0 Å². The summed E-state index contributed by atoms with van der Waals surface area (Å²) in [5, 5.41) is 22.9. The Balaban J connectivity index is 1.83. The molecule has 4 fully saturated rings. The van der Waals surface area contributed by atoms with Crippen LogP contribution in [0.3, 0.4) is 0 Å². The summed E-state index contributed by atoms with van der Waals surface area (Å²) < 4.78 is 1.91. The third-order valence-corrected chi connectivity index (χ3v) is 5.45. The molecule has 0 saturated heterocycles. The van der Waals surface area contributed by atoms with Gasteiger partial charge in [0.2, 0.25) is 0 Å². The SMILES string of the molecule is N#Cc1cnn(C23CC4CC(CC(C4)C2)C3)c1C#N. The first-order valence-electron chi connectivity index (χ1n) is 7.13. The summed E-state index contributed by atoms with van der Waals surface area (Å²) in [5.41, 5.74) is 0.942. The number of nitriles is 2. The average Bonchev–Trinajstić information content (AvgIpc) is 2.80. The van der Waals surface area contributed by atoms with E-state index in [1.807, 2.05) is 4.68 Å². The Bertz CT molecular complexity index is 578. The van der Waals surface area contributed by atoms with Crippen molar-refractivity contribution in [3.05, 3.63) is 17.5 Å². The van der Waals surface area contributed by atoms with Crippen molar-refractivity contribution < 1.29 is 0 Å². The molecule has 1 aromatic heterocycles. The molecular weight excluding hydrogens is 236 g/mol. The zero-order chi connectivity index (χ0) is 13.0. The highest BCUT2D eigenvalue weighted by Gasteiger charge is 2.53. The Morgan fingerprint density at radius 1 is 1.05 bits per heavy atom. The number of hydrogen-bond donors (Lipinski definition) is 0. The molecule has 5 rings (SSSR count). The number of hydrogen-bond acceptors (Lipinski definition) is 3. The van der Waals surface area contributed by atoms with Gasteiger partial charge in [0.25, 0.3) is 0 Å². The van der Waals surface area contributed by atoms with E-state index in [1.54, 1.807) is 6.20 Å². The van der Waals surface area contributed by atoms with Gasteiger partial charge in [-0.2, -0.15) is 15.6 Å². The van der Waals surface area contributed by atoms with E-state index in [9.17, 15) is 5.26 Å². The van der Waals surface area contributed by atoms with E-state index in [2.05, 4.69) is 17.2 Å². The fraction of sp³-hybridized carbons (Fsp3) is 0.667. The molecule has 0 amide bonds. The fourth-order valence-electron chi connectivity index (χ4n) is 5.22. The van der Waals surface area contributed by atoms with Gasteiger partial charge in [-0.05, 0) is 56.3 Å². The van der Waals surface area contributed by atoms with Crippen LogP contribution in [0.4, 0.5) is 0 Å². The molecule has 96 valence electrons. The quantitative estimate of drug-likeness (QED) is 0.771. The Morgan fingerprint density at radius 3 is 2.11 bits per heavy atom. The van der Waals surface area contributed by atoms with Crippen molar-refractivity contribution in [3.8, 4) is 12.1 Å². The standard InChI is InChI=1S/C15H16N4/c16-7-13-9-18-19(14(13)8-17)15-4-10-1-11(5-15)3-12(2-10)6-15/h9-12H,1-6H2. The van der Waals surface area contributed by atoms with Gasteiger partial charge in [-0.3, -0.25) is 0 Å². The average molecular weight is 252 g/mol. The van der Waals surface area contributed by atoms with Crippen molar-refractivity contribution in [1.29, 1.82) is 10.5 Å². The van der Waals surface area contributed by atoms with E-state index < -0.39 is 0 Å². The van der Waals surface area contributed by atoms with Gasteiger partial charge >= 0.3 is 0 Å². The van der Waals surface area contributed by atoms with E-state index in [-0.39, 0.29) is 5.54 Å². The lowest BCUT2D eigenvalue weighted by Crippen LogP contribution is -2.52. The first-order valence-corrected chi connectivity index (χ1v) is 7.13. The zero-order valence-corrected chi connectivity index (χ0v) is 10.8. The molecule has 0 N–H and O–H groups in total. The molecule has 4 bridgehead atoms. The maximum atomic E-state index is 9.36. The molecule has 4 aliphatic rings. The Hall–Kier alpha value is -1.81. The van der Waals surface area contributed by atoms with Crippen LogP contribution in [-0.2, 0) is 5.54 Å². The topological polar surface area (TPSA) is 65.4 Å². The molecule has 0 aromatic carbocycles. The second-order valence-electron chi connectivity index (χ2n) is 6.68. The molecule has 4 nitrogen and oxygen atoms in total. The minimum absolute atomic E-state index is 0.0366. The van der Waals surface area contributed by atoms with E-state index in [4.69, 9.17) is 5.26 Å². The molecule has 0 radical (unpaired) electrons. The van der Waals surface area contributed by atoms with Crippen LogP contribution < -0.4 is 0 Å². The first-order chi connectivity index (χ1) is 9.24. The monoisotopic (exact) mass is 252 g/mol. The largest absolute Gasteiger partial charge is 0.247 e. The van der Waals surface area contributed by atoms with Crippen molar-refractivity contribution >= 4 is 0 Å². The van der Waals surface area contributed by atoms with Crippen molar-refractivity contribution in [2.45, 2.75) is 44.1 Å². The molecule has 1 heterocycles. The van der Waals surface area contributed by atoms with Gasteiger partial charge in [0.05, 0.1) is 11.7 Å². The summed E-state index contributed by atoms with van der Waals surface area (Å²) in [6.45, 7) is 0. The maximum absolute atomic E-state index is 9.36. The first kappa shape index (κ1) is 11.1. The molecular formula is C15H16N4. The van der Waals surface area contributed by atoms with Gasteiger partial charge in [-0.1, -0.05) is 0 Å². The predicted molar refractivity (Wildman–Crippen MR) is 67.8 cm³/mol. The second-order valence-corrected chi connectivity index (χ2v) is 6.68.